The maximum atomic E-state index is 12.4. The van der Waals surface area contributed by atoms with Crippen molar-refractivity contribution < 1.29 is 4.79 Å². The van der Waals surface area contributed by atoms with Gasteiger partial charge in [0.15, 0.2) is 5.78 Å². The van der Waals surface area contributed by atoms with E-state index in [1.165, 1.54) is 6.20 Å². The van der Waals surface area contributed by atoms with Crippen molar-refractivity contribution >= 4 is 33.3 Å². The lowest BCUT2D eigenvalue weighted by atomic mass is 10.1. The molecule has 0 bridgehead atoms. The maximum Gasteiger partial charge on any atom is 0.170 e. The number of hydrogen-bond acceptors (Lipinski definition) is 3. The van der Waals surface area contributed by atoms with Gasteiger partial charge in [0.2, 0.25) is 0 Å². The van der Waals surface area contributed by atoms with Gasteiger partial charge in [-0.2, -0.15) is 5.10 Å². The molecule has 2 aromatic heterocycles. The second-order valence-electron chi connectivity index (χ2n) is 4.33. The summed E-state index contributed by atoms with van der Waals surface area (Å²) in [7, 11) is 0. The highest BCUT2D eigenvalue weighted by Gasteiger charge is 2.19. The molecule has 0 N–H and O–H groups in total. The Morgan fingerprint density at radius 2 is 2.20 bits per heavy atom. The van der Waals surface area contributed by atoms with E-state index in [0.717, 1.165) is 28.8 Å². The molecule has 2 heterocycles. The molecule has 0 spiro atoms. The molecule has 0 unspecified atom stereocenters. The molecule has 0 atom stereocenters. The molecule has 2 rings (SSSR count). The highest BCUT2D eigenvalue weighted by atomic mass is 79.9. The Morgan fingerprint density at radius 1 is 1.45 bits per heavy atom. The van der Waals surface area contributed by atoms with Crippen LogP contribution in [-0.4, -0.2) is 20.5 Å². The van der Waals surface area contributed by atoms with Crippen molar-refractivity contribution in [1.82, 2.24) is 14.8 Å². The average molecular weight is 357 g/mol. The number of carbonyl (C=O) groups excluding carboxylic acids is 1. The summed E-state index contributed by atoms with van der Waals surface area (Å²) in [6.45, 7) is 4.77. The van der Waals surface area contributed by atoms with E-state index in [-0.39, 0.29) is 12.2 Å². The predicted octanol–water partition coefficient (Wildman–Crippen LogP) is 3.70. The predicted molar refractivity (Wildman–Crippen MR) is 82.3 cm³/mol. The van der Waals surface area contributed by atoms with Crippen LogP contribution in [0.2, 0.25) is 5.02 Å². The first-order valence-electron chi connectivity index (χ1n) is 6.45. The molecule has 106 valence electrons. The van der Waals surface area contributed by atoms with Crippen LogP contribution in [0.5, 0.6) is 0 Å². The van der Waals surface area contributed by atoms with Gasteiger partial charge in [-0.25, -0.2) is 0 Å². The van der Waals surface area contributed by atoms with Crippen molar-refractivity contribution in [1.29, 1.82) is 0 Å². The largest absolute Gasteiger partial charge is 0.294 e. The number of aromatic nitrogens is 3. The standard InChI is InChI=1S/C14H15BrClN3O/c1-3-11-14(15)12(19(4-2)18-11)7-13(20)9-5-6-17-8-10(9)16/h5-6,8H,3-4,7H2,1-2H3. The molecule has 0 fully saturated rings. The Hall–Kier alpha value is -1.20. The first-order valence-corrected chi connectivity index (χ1v) is 7.62. The zero-order valence-corrected chi connectivity index (χ0v) is 13.7. The fraction of sp³-hybridized carbons (Fsp3) is 0.357. The van der Waals surface area contributed by atoms with Crippen LogP contribution in [0.25, 0.3) is 0 Å². The third-order valence-electron chi connectivity index (χ3n) is 3.10. The highest BCUT2D eigenvalue weighted by Crippen LogP contribution is 2.25. The number of pyridine rings is 1. The minimum atomic E-state index is -0.0321. The van der Waals surface area contributed by atoms with Gasteiger partial charge in [-0.3, -0.25) is 14.5 Å². The lowest BCUT2D eigenvalue weighted by Crippen LogP contribution is -2.10. The van der Waals surface area contributed by atoms with Gasteiger partial charge in [0, 0.05) is 24.5 Å². The summed E-state index contributed by atoms with van der Waals surface area (Å²) >= 11 is 9.56. The molecule has 0 aliphatic carbocycles. The summed E-state index contributed by atoms with van der Waals surface area (Å²) in [5.41, 5.74) is 2.35. The molecule has 20 heavy (non-hydrogen) atoms. The van der Waals surface area contributed by atoms with Gasteiger partial charge in [-0.15, -0.1) is 0 Å². The smallest absolute Gasteiger partial charge is 0.170 e. The Bertz CT molecular complexity index is 639. The topological polar surface area (TPSA) is 47.8 Å². The van der Waals surface area contributed by atoms with E-state index in [9.17, 15) is 4.79 Å². The summed E-state index contributed by atoms with van der Waals surface area (Å²) in [5.74, 6) is -0.0321. The number of nitrogens with zero attached hydrogens (tertiary/aromatic N) is 3. The van der Waals surface area contributed by atoms with Crippen LogP contribution in [0.15, 0.2) is 22.9 Å². The molecular formula is C14H15BrClN3O. The minimum absolute atomic E-state index is 0.0321. The van der Waals surface area contributed by atoms with Gasteiger partial charge in [0.05, 0.1) is 27.3 Å². The van der Waals surface area contributed by atoms with Crippen LogP contribution in [0, 0.1) is 0 Å². The quantitative estimate of drug-likeness (QED) is 0.767. The van der Waals surface area contributed by atoms with Gasteiger partial charge in [0.1, 0.15) is 0 Å². The molecule has 0 aliphatic heterocycles. The van der Waals surface area contributed by atoms with E-state index in [4.69, 9.17) is 11.6 Å². The number of Topliss-reactive ketones (excluding diaryl/α,β-unsaturated/α-hetero) is 1. The SMILES string of the molecule is CCc1nn(CC)c(CC(=O)c2ccncc2Cl)c1Br. The molecule has 6 heteroatoms. The van der Waals surface area contributed by atoms with Crippen molar-refractivity contribution in [2.75, 3.05) is 0 Å². The van der Waals surface area contributed by atoms with E-state index < -0.39 is 0 Å². The molecule has 0 radical (unpaired) electrons. The van der Waals surface area contributed by atoms with Gasteiger partial charge >= 0.3 is 0 Å². The zero-order valence-electron chi connectivity index (χ0n) is 11.4. The Labute approximate surface area is 131 Å². The van der Waals surface area contributed by atoms with Crippen LogP contribution in [0.3, 0.4) is 0 Å². The summed E-state index contributed by atoms with van der Waals surface area (Å²) in [4.78, 5) is 16.3. The van der Waals surface area contributed by atoms with Crippen molar-refractivity contribution in [3.8, 4) is 0 Å². The first kappa shape index (κ1) is 15.2. The van der Waals surface area contributed by atoms with E-state index in [0.29, 0.717) is 10.6 Å². The van der Waals surface area contributed by atoms with Gasteiger partial charge in [0.25, 0.3) is 0 Å². The molecule has 2 aromatic rings. The molecule has 0 amide bonds. The second-order valence-corrected chi connectivity index (χ2v) is 5.53. The van der Waals surface area contributed by atoms with E-state index >= 15 is 0 Å². The maximum absolute atomic E-state index is 12.4. The third-order valence-corrected chi connectivity index (χ3v) is 4.31. The van der Waals surface area contributed by atoms with Crippen LogP contribution < -0.4 is 0 Å². The minimum Gasteiger partial charge on any atom is -0.294 e. The Balaban J connectivity index is 2.33. The molecule has 0 saturated heterocycles. The number of halogens is 2. The van der Waals surface area contributed by atoms with Crippen LogP contribution in [-0.2, 0) is 19.4 Å². The van der Waals surface area contributed by atoms with Crippen molar-refractivity contribution in [2.45, 2.75) is 33.2 Å². The lowest BCUT2D eigenvalue weighted by Gasteiger charge is -2.06. The number of rotatable bonds is 5. The Morgan fingerprint density at radius 3 is 2.80 bits per heavy atom. The fourth-order valence-electron chi connectivity index (χ4n) is 2.03. The van der Waals surface area contributed by atoms with Crippen molar-refractivity contribution in [3.05, 3.63) is 44.9 Å². The van der Waals surface area contributed by atoms with Crippen molar-refractivity contribution in [3.63, 3.8) is 0 Å². The van der Waals surface area contributed by atoms with Crippen LogP contribution in [0.4, 0.5) is 0 Å². The third kappa shape index (κ3) is 2.94. The second kappa shape index (κ2) is 6.50. The molecule has 0 aromatic carbocycles. The number of carbonyl (C=O) groups is 1. The van der Waals surface area contributed by atoms with E-state index in [1.54, 1.807) is 12.3 Å². The Kier molecular flexibility index (Phi) is 4.94. The highest BCUT2D eigenvalue weighted by molar-refractivity contribution is 9.10. The van der Waals surface area contributed by atoms with Gasteiger partial charge in [-0.1, -0.05) is 18.5 Å². The first-order chi connectivity index (χ1) is 9.58. The van der Waals surface area contributed by atoms with E-state index in [1.807, 2.05) is 18.5 Å². The average Bonchev–Trinajstić information content (AvgIpc) is 2.75. The van der Waals surface area contributed by atoms with E-state index in [2.05, 4.69) is 26.0 Å². The normalized spacial score (nSPS) is 10.8. The summed E-state index contributed by atoms with van der Waals surface area (Å²) in [5, 5.41) is 4.87. The molecular weight excluding hydrogens is 342 g/mol. The van der Waals surface area contributed by atoms with Crippen LogP contribution in [0.1, 0.15) is 35.6 Å². The van der Waals surface area contributed by atoms with Gasteiger partial charge < -0.3 is 0 Å². The summed E-state index contributed by atoms with van der Waals surface area (Å²) in [6.07, 6.45) is 4.15. The summed E-state index contributed by atoms with van der Waals surface area (Å²) in [6, 6.07) is 1.64. The van der Waals surface area contributed by atoms with Gasteiger partial charge in [-0.05, 0) is 35.3 Å². The monoisotopic (exact) mass is 355 g/mol. The molecule has 0 saturated carbocycles. The molecule has 4 nitrogen and oxygen atoms in total. The summed E-state index contributed by atoms with van der Waals surface area (Å²) < 4.78 is 2.77. The number of ketones is 1. The number of aryl methyl sites for hydroxylation is 2. The number of hydrogen-bond donors (Lipinski definition) is 0. The van der Waals surface area contributed by atoms with Crippen LogP contribution >= 0.6 is 27.5 Å². The zero-order chi connectivity index (χ0) is 14.7. The lowest BCUT2D eigenvalue weighted by molar-refractivity contribution is 0.0990. The molecule has 0 aliphatic rings. The fourth-order valence-corrected chi connectivity index (χ4v) is 2.96. The van der Waals surface area contributed by atoms with Crippen molar-refractivity contribution in [2.24, 2.45) is 0 Å².